The van der Waals surface area contributed by atoms with Gasteiger partial charge >= 0.3 is 11.9 Å². The Morgan fingerprint density at radius 1 is 1.16 bits per heavy atom. The molecule has 1 aliphatic rings. The van der Waals surface area contributed by atoms with E-state index >= 15 is 0 Å². The van der Waals surface area contributed by atoms with Crippen LogP contribution in [-0.4, -0.2) is 48.1 Å². The number of carbonyl (C=O) groups excluding carboxylic acids is 3. The lowest BCUT2D eigenvalue weighted by Crippen LogP contribution is -2.29. The number of carbonyl (C=O) groups is 3. The van der Waals surface area contributed by atoms with E-state index in [1.54, 1.807) is 61.5 Å². The lowest BCUT2D eigenvalue weighted by atomic mass is 9.95. The van der Waals surface area contributed by atoms with Gasteiger partial charge in [-0.2, -0.15) is 0 Å². The van der Waals surface area contributed by atoms with Crippen LogP contribution in [0, 0.1) is 6.92 Å². The summed E-state index contributed by atoms with van der Waals surface area (Å²) in [5, 5.41) is 11.4. The van der Waals surface area contributed by atoms with Gasteiger partial charge in [0.1, 0.15) is 28.7 Å². The predicted octanol–water partition coefficient (Wildman–Crippen LogP) is 4.83. The fraction of sp³-hybridized carbons (Fsp3) is 0.214. The predicted molar refractivity (Wildman–Crippen MR) is 143 cm³/mol. The minimum Gasteiger partial charge on any atom is -0.507 e. The molecule has 1 saturated heterocycles. The largest absolute Gasteiger partial charge is 0.507 e. The molecule has 1 unspecified atom stereocenters. The van der Waals surface area contributed by atoms with Crippen LogP contribution >= 0.6 is 11.3 Å². The number of benzene rings is 2. The molecular formula is C28H26N2O7S. The van der Waals surface area contributed by atoms with Crippen molar-refractivity contribution in [2.75, 3.05) is 25.2 Å². The molecule has 0 saturated carbocycles. The summed E-state index contributed by atoms with van der Waals surface area (Å²) in [6.07, 6.45) is 1.59. The van der Waals surface area contributed by atoms with Crippen LogP contribution in [0.1, 0.15) is 39.5 Å². The summed E-state index contributed by atoms with van der Waals surface area (Å²) in [5.41, 5.74) is 1.08. The maximum absolute atomic E-state index is 13.4. The zero-order valence-corrected chi connectivity index (χ0v) is 21.9. The fourth-order valence-electron chi connectivity index (χ4n) is 4.07. The van der Waals surface area contributed by atoms with Crippen LogP contribution in [-0.2, 0) is 14.3 Å². The van der Waals surface area contributed by atoms with Gasteiger partial charge in [-0.25, -0.2) is 9.78 Å². The molecule has 1 aliphatic heterocycles. The van der Waals surface area contributed by atoms with Gasteiger partial charge in [0.05, 0.1) is 31.0 Å². The van der Waals surface area contributed by atoms with E-state index in [-0.39, 0.29) is 27.9 Å². The van der Waals surface area contributed by atoms with E-state index in [0.29, 0.717) is 34.9 Å². The zero-order chi connectivity index (χ0) is 27.4. The molecular weight excluding hydrogens is 508 g/mol. The molecule has 10 heteroatoms. The minimum absolute atomic E-state index is 0.118. The second-order valence-electron chi connectivity index (χ2n) is 8.20. The number of rotatable bonds is 9. The summed E-state index contributed by atoms with van der Waals surface area (Å²) in [6.45, 7) is 7.84. The lowest BCUT2D eigenvalue weighted by molar-refractivity contribution is -0.132. The van der Waals surface area contributed by atoms with Crippen LogP contribution in [0.3, 0.4) is 0 Å². The molecule has 2 heterocycles. The maximum Gasteiger partial charge on any atom is 0.350 e. The Morgan fingerprint density at radius 2 is 1.89 bits per heavy atom. The average molecular weight is 535 g/mol. The number of hydrogen-bond donors (Lipinski definition) is 1. The van der Waals surface area contributed by atoms with Crippen LogP contribution in [0.4, 0.5) is 5.13 Å². The van der Waals surface area contributed by atoms with Crippen molar-refractivity contribution in [3.8, 4) is 11.5 Å². The van der Waals surface area contributed by atoms with Crippen molar-refractivity contribution in [1.82, 2.24) is 4.98 Å². The van der Waals surface area contributed by atoms with Gasteiger partial charge in [0.15, 0.2) is 5.13 Å². The highest BCUT2D eigenvalue weighted by molar-refractivity contribution is 7.17. The summed E-state index contributed by atoms with van der Waals surface area (Å²) in [6, 6.07) is 12.4. The van der Waals surface area contributed by atoms with Gasteiger partial charge < -0.3 is 19.3 Å². The fourth-order valence-corrected chi connectivity index (χ4v) is 5.09. The normalized spacial score (nSPS) is 16.4. The van der Waals surface area contributed by atoms with Gasteiger partial charge in [-0.05, 0) is 55.8 Å². The van der Waals surface area contributed by atoms with Crippen LogP contribution in [0.25, 0.3) is 5.76 Å². The van der Waals surface area contributed by atoms with E-state index in [1.165, 1.54) is 12.0 Å². The number of esters is 1. The highest BCUT2D eigenvalue weighted by Gasteiger charge is 2.48. The number of aliphatic hydroxyl groups is 1. The van der Waals surface area contributed by atoms with Gasteiger partial charge in [0, 0.05) is 5.56 Å². The van der Waals surface area contributed by atoms with Crippen molar-refractivity contribution in [2.24, 2.45) is 0 Å². The Labute approximate surface area is 223 Å². The molecule has 0 spiro atoms. The molecule has 1 amide bonds. The van der Waals surface area contributed by atoms with E-state index in [2.05, 4.69) is 11.6 Å². The number of nitrogens with zero attached hydrogens (tertiary/aromatic N) is 2. The Kier molecular flexibility index (Phi) is 7.92. The Morgan fingerprint density at radius 3 is 2.55 bits per heavy atom. The van der Waals surface area contributed by atoms with Gasteiger partial charge in [-0.15, -0.1) is 0 Å². The number of methoxy groups -OCH3 is 1. The second-order valence-corrected chi connectivity index (χ2v) is 9.18. The third-order valence-electron chi connectivity index (χ3n) is 5.79. The Hall–Kier alpha value is -4.44. The number of ketones is 1. The van der Waals surface area contributed by atoms with Gasteiger partial charge in [0.25, 0.3) is 5.78 Å². The highest BCUT2D eigenvalue weighted by atomic mass is 32.1. The molecule has 1 N–H and O–H groups in total. The summed E-state index contributed by atoms with van der Waals surface area (Å²) >= 11 is 0.931. The molecule has 1 fully saturated rings. The quantitative estimate of drug-likeness (QED) is 0.137. The van der Waals surface area contributed by atoms with Crippen LogP contribution in [0.2, 0.25) is 0 Å². The molecule has 0 bridgehead atoms. The molecule has 4 rings (SSSR count). The Bertz CT molecular complexity index is 1430. The summed E-state index contributed by atoms with van der Waals surface area (Å²) < 4.78 is 16.0. The van der Waals surface area contributed by atoms with E-state index in [4.69, 9.17) is 14.2 Å². The second kappa shape index (κ2) is 11.3. The average Bonchev–Trinajstić information content (AvgIpc) is 3.43. The summed E-state index contributed by atoms with van der Waals surface area (Å²) in [5.74, 6) is -1.64. The van der Waals surface area contributed by atoms with Gasteiger partial charge in [-0.1, -0.05) is 36.1 Å². The molecule has 9 nitrogen and oxygen atoms in total. The first kappa shape index (κ1) is 26.6. The molecule has 1 atom stereocenters. The number of hydrogen-bond acceptors (Lipinski definition) is 9. The van der Waals surface area contributed by atoms with Gasteiger partial charge in [0.2, 0.25) is 0 Å². The monoisotopic (exact) mass is 534 g/mol. The number of amides is 1. The number of Topliss-reactive ketones (excluding diaryl/α,β-unsaturated/α-hetero) is 1. The third-order valence-corrected chi connectivity index (χ3v) is 6.92. The smallest absolute Gasteiger partial charge is 0.350 e. The van der Waals surface area contributed by atoms with Crippen molar-refractivity contribution < 1.29 is 33.7 Å². The van der Waals surface area contributed by atoms with Crippen molar-refractivity contribution in [1.29, 1.82) is 0 Å². The number of aryl methyl sites for hydroxylation is 1. The SMILES string of the molecule is C=CCOc1cccc(C2/C(=C(\O)c3ccc(OCC)cc3)C(=O)C(=O)N2c2nc(C)c(C(=O)OC)s2)c1. The maximum atomic E-state index is 13.4. The number of anilines is 1. The topological polar surface area (TPSA) is 115 Å². The lowest BCUT2D eigenvalue weighted by Gasteiger charge is -2.23. The van der Waals surface area contributed by atoms with E-state index < -0.39 is 23.7 Å². The van der Waals surface area contributed by atoms with E-state index in [9.17, 15) is 19.5 Å². The van der Waals surface area contributed by atoms with Crippen molar-refractivity contribution in [3.63, 3.8) is 0 Å². The molecule has 0 aliphatic carbocycles. The number of aromatic nitrogens is 1. The molecule has 3 aromatic rings. The molecule has 38 heavy (non-hydrogen) atoms. The first-order valence-corrected chi connectivity index (χ1v) is 12.6. The zero-order valence-electron chi connectivity index (χ0n) is 21.1. The number of thiazole rings is 1. The van der Waals surface area contributed by atoms with Crippen LogP contribution in [0.5, 0.6) is 11.5 Å². The molecule has 1 aromatic heterocycles. The van der Waals surface area contributed by atoms with Crippen molar-refractivity contribution in [2.45, 2.75) is 19.9 Å². The standard InChI is InChI=1S/C28H26N2O7S/c1-5-14-37-20-9-7-8-18(15-20)22-21(23(31)17-10-12-19(13-11-17)36-6-2)24(32)26(33)30(22)28-29-16(3)25(38-28)27(34)35-4/h5,7-13,15,22,31H,1,6,14H2,2-4H3/b23-21+. The number of ether oxygens (including phenoxy) is 3. The summed E-state index contributed by atoms with van der Waals surface area (Å²) in [4.78, 5) is 44.8. The highest BCUT2D eigenvalue weighted by Crippen LogP contribution is 2.44. The van der Waals surface area contributed by atoms with Crippen LogP contribution in [0.15, 0.2) is 66.8 Å². The van der Waals surface area contributed by atoms with E-state index in [1.807, 2.05) is 6.92 Å². The number of aliphatic hydroxyl groups excluding tert-OH is 1. The van der Waals surface area contributed by atoms with Crippen LogP contribution < -0.4 is 14.4 Å². The minimum atomic E-state index is -1.04. The first-order chi connectivity index (χ1) is 18.3. The van der Waals surface area contributed by atoms with Crippen molar-refractivity contribution in [3.05, 3.63) is 88.5 Å². The molecule has 196 valence electrons. The summed E-state index contributed by atoms with van der Waals surface area (Å²) in [7, 11) is 1.25. The molecule has 2 aromatic carbocycles. The van der Waals surface area contributed by atoms with E-state index in [0.717, 1.165) is 11.3 Å². The first-order valence-electron chi connectivity index (χ1n) is 11.7. The Balaban J connectivity index is 1.89. The third kappa shape index (κ3) is 5.03. The van der Waals surface area contributed by atoms with Gasteiger partial charge in [-0.3, -0.25) is 14.5 Å². The van der Waals surface area contributed by atoms with Crippen molar-refractivity contribution >= 4 is 39.9 Å². The molecule has 0 radical (unpaired) electrons.